The Morgan fingerprint density at radius 1 is 1.33 bits per heavy atom. The van der Waals surface area contributed by atoms with Crippen molar-refractivity contribution in [2.75, 3.05) is 26.2 Å². The lowest BCUT2D eigenvalue weighted by atomic mass is 10.0. The quantitative estimate of drug-likeness (QED) is 0.851. The maximum absolute atomic E-state index is 12.8. The maximum Gasteiger partial charge on any atom is 0.226 e. The normalized spacial score (nSPS) is 16.6. The summed E-state index contributed by atoms with van der Waals surface area (Å²) in [5, 5.41) is 3.37. The number of ether oxygens (including phenoxy) is 1. The summed E-state index contributed by atoms with van der Waals surface area (Å²) in [4.78, 5) is 18.9. The SMILES string of the molecule is Cc1cc(C)c(C)c(OCCC(=O)N2CCNCC2c2cccnc2)c1.Cl. The minimum Gasteiger partial charge on any atom is -0.493 e. The number of halogens is 1. The van der Waals surface area contributed by atoms with Crippen LogP contribution in [0.2, 0.25) is 0 Å². The maximum atomic E-state index is 12.8. The smallest absolute Gasteiger partial charge is 0.226 e. The number of carbonyl (C=O) groups is 1. The number of piperazine rings is 1. The van der Waals surface area contributed by atoms with Crippen molar-refractivity contribution in [1.82, 2.24) is 15.2 Å². The van der Waals surface area contributed by atoms with Gasteiger partial charge in [-0.25, -0.2) is 0 Å². The van der Waals surface area contributed by atoms with Gasteiger partial charge in [0.25, 0.3) is 0 Å². The van der Waals surface area contributed by atoms with E-state index in [2.05, 4.69) is 37.1 Å². The second kappa shape index (κ2) is 9.72. The van der Waals surface area contributed by atoms with Crippen LogP contribution in [0.15, 0.2) is 36.7 Å². The van der Waals surface area contributed by atoms with Crippen LogP contribution >= 0.6 is 12.4 Å². The molecule has 0 aliphatic carbocycles. The number of nitrogens with one attached hydrogen (secondary N) is 1. The highest BCUT2D eigenvalue weighted by atomic mass is 35.5. The zero-order chi connectivity index (χ0) is 18.5. The predicted octanol–water partition coefficient (Wildman–Crippen LogP) is 3.37. The molecular weight excluding hydrogens is 362 g/mol. The van der Waals surface area contributed by atoms with Crippen LogP contribution in [-0.2, 0) is 4.79 Å². The molecule has 27 heavy (non-hydrogen) atoms. The van der Waals surface area contributed by atoms with Gasteiger partial charge in [0.15, 0.2) is 0 Å². The van der Waals surface area contributed by atoms with E-state index >= 15 is 0 Å². The number of pyridine rings is 1. The molecule has 2 heterocycles. The molecule has 1 amide bonds. The van der Waals surface area contributed by atoms with E-state index in [1.54, 1.807) is 6.20 Å². The standard InChI is InChI=1S/C21H27N3O2.ClH/c1-15-11-16(2)17(3)20(12-15)26-10-6-21(25)24-9-8-23-14-19(24)18-5-4-7-22-13-18;/h4-5,7,11-13,19,23H,6,8-10,14H2,1-3H3;1H. The van der Waals surface area contributed by atoms with E-state index < -0.39 is 0 Å². The Hall–Kier alpha value is -2.11. The second-order valence-corrected chi connectivity index (χ2v) is 6.90. The Labute approximate surface area is 167 Å². The molecule has 1 aromatic heterocycles. The van der Waals surface area contributed by atoms with E-state index in [9.17, 15) is 4.79 Å². The van der Waals surface area contributed by atoms with Crippen molar-refractivity contribution in [2.45, 2.75) is 33.2 Å². The molecule has 1 aliphatic rings. The average molecular weight is 390 g/mol. The number of amides is 1. The molecule has 0 spiro atoms. The van der Waals surface area contributed by atoms with Crippen LogP contribution in [0.5, 0.6) is 5.75 Å². The first-order valence-corrected chi connectivity index (χ1v) is 9.17. The largest absolute Gasteiger partial charge is 0.493 e. The van der Waals surface area contributed by atoms with Crippen molar-refractivity contribution in [3.8, 4) is 5.75 Å². The van der Waals surface area contributed by atoms with E-state index in [-0.39, 0.29) is 24.4 Å². The molecule has 1 aliphatic heterocycles. The number of nitrogens with zero attached hydrogens (tertiary/aromatic N) is 2. The zero-order valence-electron chi connectivity index (χ0n) is 16.2. The monoisotopic (exact) mass is 389 g/mol. The Balaban J connectivity index is 0.00000261. The molecule has 2 aromatic rings. The molecule has 0 radical (unpaired) electrons. The summed E-state index contributed by atoms with van der Waals surface area (Å²) in [6.07, 6.45) is 3.97. The number of hydrogen-bond donors (Lipinski definition) is 1. The summed E-state index contributed by atoms with van der Waals surface area (Å²) in [6, 6.07) is 8.16. The highest BCUT2D eigenvalue weighted by Crippen LogP contribution is 2.25. The minimum atomic E-state index is 0. The fourth-order valence-electron chi connectivity index (χ4n) is 3.42. The lowest BCUT2D eigenvalue weighted by molar-refractivity contribution is -0.135. The highest BCUT2D eigenvalue weighted by molar-refractivity contribution is 5.85. The van der Waals surface area contributed by atoms with Crippen molar-refractivity contribution in [3.63, 3.8) is 0 Å². The zero-order valence-corrected chi connectivity index (χ0v) is 17.0. The van der Waals surface area contributed by atoms with E-state index in [1.807, 2.05) is 29.3 Å². The Bertz CT molecular complexity index is 768. The molecule has 1 saturated heterocycles. The van der Waals surface area contributed by atoms with E-state index in [0.717, 1.165) is 30.0 Å². The molecule has 1 aromatic carbocycles. The summed E-state index contributed by atoms with van der Waals surface area (Å²) in [5.74, 6) is 1.00. The minimum absolute atomic E-state index is 0. The molecule has 1 N–H and O–H groups in total. The third kappa shape index (κ3) is 5.21. The first kappa shape index (κ1) is 21.2. The topological polar surface area (TPSA) is 54.5 Å². The van der Waals surface area contributed by atoms with Crippen molar-refractivity contribution in [2.24, 2.45) is 0 Å². The molecule has 0 saturated carbocycles. The lowest BCUT2D eigenvalue weighted by Gasteiger charge is -2.36. The molecular formula is C21H28ClN3O2. The Morgan fingerprint density at radius 2 is 2.15 bits per heavy atom. The van der Waals surface area contributed by atoms with Crippen LogP contribution in [0.1, 0.15) is 34.7 Å². The molecule has 0 bridgehead atoms. The Kier molecular flexibility index (Phi) is 7.63. The molecule has 1 atom stereocenters. The van der Waals surface area contributed by atoms with Crippen LogP contribution in [0, 0.1) is 20.8 Å². The van der Waals surface area contributed by atoms with Crippen LogP contribution < -0.4 is 10.1 Å². The van der Waals surface area contributed by atoms with Gasteiger partial charge in [0, 0.05) is 32.0 Å². The molecule has 5 nitrogen and oxygen atoms in total. The lowest BCUT2D eigenvalue weighted by Crippen LogP contribution is -2.49. The molecule has 1 fully saturated rings. The molecule has 3 rings (SSSR count). The summed E-state index contributed by atoms with van der Waals surface area (Å²) >= 11 is 0. The number of hydrogen-bond acceptors (Lipinski definition) is 4. The summed E-state index contributed by atoms with van der Waals surface area (Å²) in [7, 11) is 0. The van der Waals surface area contributed by atoms with Crippen molar-refractivity contribution in [3.05, 3.63) is 58.9 Å². The molecule has 6 heteroatoms. The van der Waals surface area contributed by atoms with E-state index in [1.165, 1.54) is 11.1 Å². The van der Waals surface area contributed by atoms with Gasteiger partial charge in [0.2, 0.25) is 5.91 Å². The second-order valence-electron chi connectivity index (χ2n) is 6.90. The average Bonchev–Trinajstić information content (AvgIpc) is 2.66. The van der Waals surface area contributed by atoms with Crippen LogP contribution in [0.3, 0.4) is 0 Å². The van der Waals surface area contributed by atoms with Gasteiger partial charge in [-0.3, -0.25) is 9.78 Å². The van der Waals surface area contributed by atoms with Crippen LogP contribution in [-0.4, -0.2) is 42.0 Å². The highest BCUT2D eigenvalue weighted by Gasteiger charge is 2.27. The van der Waals surface area contributed by atoms with Gasteiger partial charge in [-0.15, -0.1) is 12.4 Å². The number of rotatable bonds is 5. The van der Waals surface area contributed by atoms with Crippen molar-refractivity contribution >= 4 is 18.3 Å². The van der Waals surface area contributed by atoms with E-state index in [4.69, 9.17) is 4.74 Å². The van der Waals surface area contributed by atoms with Crippen LogP contribution in [0.25, 0.3) is 0 Å². The molecule has 1 unspecified atom stereocenters. The summed E-state index contributed by atoms with van der Waals surface area (Å²) in [5.41, 5.74) is 4.59. The van der Waals surface area contributed by atoms with E-state index in [0.29, 0.717) is 19.6 Å². The number of carbonyl (C=O) groups excluding carboxylic acids is 1. The van der Waals surface area contributed by atoms with Crippen molar-refractivity contribution in [1.29, 1.82) is 0 Å². The number of aryl methyl sites for hydroxylation is 2. The van der Waals surface area contributed by atoms with Gasteiger partial charge in [0.05, 0.1) is 19.1 Å². The van der Waals surface area contributed by atoms with Crippen LogP contribution in [0.4, 0.5) is 0 Å². The van der Waals surface area contributed by atoms with Gasteiger partial charge < -0.3 is 15.0 Å². The first-order chi connectivity index (χ1) is 12.6. The van der Waals surface area contributed by atoms with Gasteiger partial charge in [0.1, 0.15) is 5.75 Å². The fraction of sp³-hybridized carbons (Fsp3) is 0.429. The summed E-state index contributed by atoms with van der Waals surface area (Å²) < 4.78 is 5.93. The molecule has 146 valence electrons. The fourth-order valence-corrected chi connectivity index (χ4v) is 3.42. The van der Waals surface area contributed by atoms with Gasteiger partial charge in [-0.2, -0.15) is 0 Å². The third-order valence-electron chi connectivity index (χ3n) is 4.97. The summed E-state index contributed by atoms with van der Waals surface area (Å²) in [6.45, 7) is 8.88. The first-order valence-electron chi connectivity index (χ1n) is 9.17. The number of benzene rings is 1. The van der Waals surface area contributed by atoms with Gasteiger partial charge in [-0.1, -0.05) is 12.1 Å². The Morgan fingerprint density at radius 3 is 2.89 bits per heavy atom. The predicted molar refractivity (Wildman–Crippen MR) is 110 cm³/mol. The third-order valence-corrected chi connectivity index (χ3v) is 4.97. The van der Waals surface area contributed by atoms with Gasteiger partial charge >= 0.3 is 0 Å². The van der Waals surface area contributed by atoms with Gasteiger partial charge in [-0.05, 0) is 55.2 Å². The number of aromatic nitrogens is 1. The van der Waals surface area contributed by atoms with Crippen molar-refractivity contribution < 1.29 is 9.53 Å².